The van der Waals surface area contributed by atoms with Crippen LogP contribution in [0.4, 0.5) is 10.1 Å². The number of hydrogen-bond acceptors (Lipinski definition) is 4. The van der Waals surface area contributed by atoms with Gasteiger partial charge in [0.15, 0.2) is 0 Å². The summed E-state index contributed by atoms with van der Waals surface area (Å²) in [5.41, 5.74) is 0.279. The number of aromatic nitrogens is 1. The van der Waals surface area contributed by atoms with Gasteiger partial charge in [-0.2, -0.15) is 0 Å². The highest BCUT2D eigenvalue weighted by molar-refractivity contribution is 7.91. The van der Waals surface area contributed by atoms with Gasteiger partial charge >= 0.3 is 0 Å². The van der Waals surface area contributed by atoms with Gasteiger partial charge in [0.1, 0.15) is 10.7 Å². The van der Waals surface area contributed by atoms with Gasteiger partial charge in [-0.15, -0.1) is 0 Å². The first-order chi connectivity index (χ1) is 14.2. The summed E-state index contributed by atoms with van der Waals surface area (Å²) in [7, 11) is -2.33. The molecule has 2 aromatic carbocycles. The molecule has 30 heavy (non-hydrogen) atoms. The molecule has 4 rings (SSSR count). The van der Waals surface area contributed by atoms with E-state index in [9.17, 15) is 13.2 Å². The Morgan fingerprint density at radius 2 is 1.67 bits per heavy atom. The molecule has 2 atom stereocenters. The van der Waals surface area contributed by atoms with E-state index in [1.165, 1.54) is 24.4 Å². The van der Waals surface area contributed by atoms with Crippen molar-refractivity contribution in [3.63, 3.8) is 0 Å². The van der Waals surface area contributed by atoms with Crippen molar-refractivity contribution >= 4 is 26.4 Å². The summed E-state index contributed by atoms with van der Waals surface area (Å²) in [5.74, 6) is 0.396. The Hall–Kier alpha value is -2.67. The van der Waals surface area contributed by atoms with Crippen LogP contribution in [0.2, 0.25) is 0 Å². The summed E-state index contributed by atoms with van der Waals surface area (Å²) < 4.78 is 42.7. The van der Waals surface area contributed by atoms with E-state index in [1.807, 2.05) is 4.90 Å². The highest BCUT2D eigenvalue weighted by Gasteiger charge is 2.27. The maximum Gasteiger partial charge on any atom is 0.211 e. The van der Waals surface area contributed by atoms with Gasteiger partial charge in [-0.3, -0.25) is 4.79 Å². The van der Waals surface area contributed by atoms with E-state index >= 15 is 4.39 Å². The Morgan fingerprint density at radius 1 is 1.03 bits per heavy atom. The largest absolute Gasteiger partial charge is 0.369 e. The lowest BCUT2D eigenvalue weighted by atomic mass is 9.91. The van der Waals surface area contributed by atoms with E-state index in [0.29, 0.717) is 23.0 Å². The van der Waals surface area contributed by atoms with E-state index in [2.05, 4.69) is 13.8 Å². The number of aryl methyl sites for hydroxylation is 1. The Bertz CT molecular complexity index is 1260. The molecule has 1 aliphatic rings. The molecule has 1 aromatic heterocycles. The molecule has 3 aromatic rings. The van der Waals surface area contributed by atoms with Gasteiger partial charge in [-0.25, -0.2) is 12.8 Å². The van der Waals surface area contributed by atoms with Gasteiger partial charge in [0.25, 0.3) is 0 Å². The number of halogens is 1. The van der Waals surface area contributed by atoms with Gasteiger partial charge in [0.05, 0.1) is 21.5 Å². The highest BCUT2D eigenvalue weighted by Crippen LogP contribution is 2.31. The number of benzene rings is 2. The lowest BCUT2D eigenvalue weighted by Gasteiger charge is -2.36. The van der Waals surface area contributed by atoms with Crippen LogP contribution < -0.4 is 10.3 Å². The molecule has 7 heteroatoms. The van der Waals surface area contributed by atoms with Gasteiger partial charge in [-0.1, -0.05) is 32.0 Å². The zero-order valence-corrected chi connectivity index (χ0v) is 18.1. The molecule has 1 fully saturated rings. The summed E-state index contributed by atoms with van der Waals surface area (Å²) in [6.07, 6.45) is 2.43. The molecule has 0 aliphatic carbocycles. The van der Waals surface area contributed by atoms with Crippen LogP contribution in [0.3, 0.4) is 0 Å². The van der Waals surface area contributed by atoms with Crippen LogP contribution in [0.5, 0.6) is 0 Å². The Morgan fingerprint density at radius 3 is 2.30 bits per heavy atom. The minimum atomic E-state index is -4.01. The number of pyridine rings is 1. The molecule has 0 bridgehead atoms. The molecule has 0 radical (unpaired) electrons. The predicted molar refractivity (Wildman–Crippen MR) is 116 cm³/mol. The molecule has 5 nitrogen and oxygen atoms in total. The summed E-state index contributed by atoms with van der Waals surface area (Å²) in [5, 5.41) is 0.0638. The number of hydrogen-bond donors (Lipinski definition) is 0. The van der Waals surface area contributed by atoms with Crippen molar-refractivity contribution in [3.8, 4) is 0 Å². The number of rotatable bonds is 3. The molecule has 1 aliphatic heterocycles. The predicted octanol–water partition coefficient (Wildman–Crippen LogP) is 3.99. The van der Waals surface area contributed by atoms with Crippen LogP contribution in [0.1, 0.15) is 20.3 Å². The zero-order valence-electron chi connectivity index (χ0n) is 17.3. The van der Waals surface area contributed by atoms with Crippen LogP contribution in [0.15, 0.2) is 63.2 Å². The second kappa shape index (κ2) is 7.54. The minimum absolute atomic E-state index is 0.0369. The van der Waals surface area contributed by atoms with Crippen molar-refractivity contribution in [1.82, 2.24) is 4.57 Å². The third-order valence-electron chi connectivity index (χ3n) is 5.78. The second-order valence-corrected chi connectivity index (χ2v) is 10.3. The zero-order chi connectivity index (χ0) is 21.6. The maximum atomic E-state index is 15.1. The van der Waals surface area contributed by atoms with Gasteiger partial charge in [0, 0.05) is 26.3 Å². The number of piperidine rings is 1. The number of sulfone groups is 1. The molecule has 0 amide bonds. The van der Waals surface area contributed by atoms with Crippen molar-refractivity contribution < 1.29 is 12.8 Å². The summed E-state index contributed by atoms with van der Waals surface area (Å²) in [6.45, 7) is 5.80. The van der Waals surface area contributed by atoms with Crippen LogP contribution in [-0.2, 0) is 16.9 Å². The fraction of sp³-hybridized carbons (Fsp3) is 0.348. The Labute approximate surface area is 175 Å². The number of nitrogens with zero attached hydrogens (tertiary/aromatic N) is 2. The first-order valence-corrected chi connectivity index (χ1v) is 11.5. The Balaban J connectivity index is 1.88. The van der Waals surface area contributed by atoms with Crippen LogP contribution in [0, 0.1) is 17.7 Å². The summed E-state index contributed by atoms with van der Waals surface area (Å²) in [4.78, 5) is 14.8. The van der Waals surface area contributed by atoms with Crippen LogP contribution in [-0.4, -0.2) is 26.1 Å². The van der Waals surface area contributed by atoms with Crippen LogP contribution >= 0.6 is 0 Å². The quantitative estimate of drug-likeness (QED) is 0.633. The van der Waals surface area contributed by atoms with Gasteiger partial charge < -0.3 is 9.47 Å². The van der Waals surface area contributed by atoms with E-state index in [1.54, 1.807) is 35.9 Å². The molecule has 158 valence electrons. The fourth-order valence-electron chi connectivity index (χ4n) is 4.48. The van der Waals surface area contributed by atoms with E-state index < -0.39 is 21.1 Å². The highest BCUT2D eigenvalue weighted by atomic mass is 32.2. The molecule has 2 heterocycles. The molecular weight excluding hydrogens is 403 g/mol. The van der Waals surface area contributed by atoms with Crippen molar-refractivity contribution in [2.75, 3.05) is 18.0 Å². The second-order valence-electron chi connectivity index (χ2n) is 8.42. The summed E-state index contributed by atoms with van der Waals surface area (Å²) >= 11 is 0. The summed E-state index contributed by atoms with van der Waals surface area (Å²) in [6, 6.07) is 10.6. The third kappa shape index (κ3) is 3.51. The van der Waals surface area contributed by atoms with Crippen molar-refractivity contribution in [2.24, 2.45) is 18.9 Å². The van der Waals surface area contributed by atoms with Gasteiger partial charge in [0.2, 0.25) is 15.3 Å². The van der Waals surface area contributed by atoms with Crippen molar-refractivity contribution in [3.05, 3.63) is 64.7 Å². The lowest BCUT2D eigenvalue weighted by molar-refractivity contribution is 0.354. The molecule has 0 N–H and O–H groups in total. The third-order valence-corrected chi connectivity index (χ3v) is 7.54. The molecule has 0 unspecified atom stereocenters. The van der Waals surface area contributed by atoms with Crippen molar-refractivity contribution in [2.45, 2.75) is 30.1 Å². The van der Waals surface area contributed by atoms with Gasteiger partial charge in [-0.05, 0) is 42.5 Å². The first kappa shape index (κ1) is 20.6. The molecule has 0 spiro atoms. The first-order valence-electron chi connectivity index (χ1n) is 10.1. The fourth-order valence-corrected chi connectivity index (χ4v) is 5.90. The standard InChI is InChI=1S/C23H25FN2O3S/c1-15-9-16(2)13-26(12-15)21-11-20-18(10-19(21)24)23(27)22(14-25(20)3)30(28,29)17-7-5-4-6-8-17/h4-8,10-11,14-16H,9,12-13H2,1-3H3/t15-,16+. The monoisotopic (exact) mass is 428 g/mol. The van der Waals surface area contributed by atoms with E-state index in [-0.39, 0.29) is 15.2 Å². The maximum absolute atomic E-state index is 15.1. The Kier molecular flexibility index (Phi) is 5.18. The number of anilines is 1. The van der Waals surface area contributed by atoms with E-state index in [0.717, 1.165) is 19.5 Å². The number of fused-ring (bicyclic) bond motifs is 1. The van der Waals surface area contributed by atoms with Crippen molar-refractivity contribution in [1.29, 1.82) is 0 Å². The molecule has 1 saturated heterocycles. The minimum Gasteiger partial charge on any atom is -0.369 e. The topological polar surface area (TPSA) is 59.4 Å². The smallest absolute Gasteiger partial charge is 0.211 e. The molecule has 0 saturated carbocycles. The SMILES string of the molecule is C[C@@H]1C[C@H](C)CN(c2cc3c(cc2F)c(=O)c(S(=O)(=O)c2ccccc2)cn3C)C1. The van der Waals surface area contributed by atoms with E-state index in [4.69, 9.17) is 0 Å². The average Bonchev–Trinajstić information content (AvgIpc) is 2.70. The average molecular weight is 429 g/mol. The lowest BCUT2D eigenvalue weighted by Crippen LogP contribution is -2.39. The molecular formula is C23H25FN2O3S. The van der Waals surface area contributed by atoms with Crippen LogP contribution in [0.25, 0.3) is 10.9 Å². The normalized spacial score (nSPS) is 19.9.